The van der Waals surface area contributed by atoms with E-state index in [9.17, 15) is 45.1 Å². The first-order valence-corrected chi connectivity index (χ1v) is 17.3. The van der Waals surface area contributed by atoms with Crippen LogP contribution in [0.4, 0.5) is 0 Å². The summed E-state index contributed by atoms with van der Waals surface area (Å²) in [6.07, 6.45) is -10.4. The summed E-state index contributed by atoms with van der Waals surface area (Å²) in [7, 11) is 0. The van der Waals surface area contributed by atoms with E-state index >= 15 is 0 Å². The molecule has 4 aliphatic rings. The lowest BCUT2D eigenvalue weighted by molar-refractivity contribution is -0.346. The van der Waals surface area contributed by atoms with Gasteiger partial charge in [-0.05, 0) is 48.2 Å². The first kappa shape index (κ1) is 38.1. The Morgan fingerprint density at radius 3 is 2.21 bits per heavy atom. The normalized spacial score (nSPS) is 35.4. The van der Waals surface area contributed by atoms with Gasteiger partial charge in [0.25, 0.3) is 0 Å². The fourth-order valence-corrected chi connectivity index (χ4v) is 9.13. The van der Waals surface area contributed by atoms with E-state index in [0.29, 0.717) is 5.56 Å². The minimum absolute atomic E-state index is 0.0562. The number of carbonyl (C=O) groups excluding carboxylic acids is 4. The average Bonchev–Trinajstić information content (AvgIpc) is 3.12. The predicted octanol–water partition coefficient (Wildman–Crippen LogP) is 3.05. The lowest BCUT2D eigenvalue weighted by Crippen LogP contribution is -2.81. The van der Waals surface area contributed by atoms with Crippen molar-refractivity contribution in [3.63, 3.8) is 0 Å². The van der Waals surface area contributed by atoms with E-state index in [1.807, 2.05) is 0 Å². The minimum Gasteiger partial charge on any atom is -0.456 e. The molecule has 3 fully saturated rings. The van der Waals surface area contributed by atoms with Crippen LogP contribution in [0.3, 0.4) is 0 Å². The highest BCUT2D eigenvalue weighted by atomic mass is 16.6. The van der Waals surface area contributed by atoms with Crippen LogP contribution in [0.5, 0.6) is 0 Å². The molecular formula is C38H43N3O12. The molecule has 1 heterocycles. The summed E-state index contributed by atoms with van der Waals surface area (Å²) in [5.41, 5.74) is 2.10. The second-order valence-corrected chi connectivity index (χ2v) is 15.1. The van der Waals surface area contributed by atoms with Crippen LogP contribution in [0, 0.1) is 16.7 Å². The van der Waals surface area contributed by atoms with Gasteiger partial charge < -0.3 is 39.4 Å². The van der Waals surface area contributed by atoms with Gasteiger partial charge in [0, 0.05) is 30.1 Å². The molecule has 53 heavy (non-hydrogen) atoms. The first-order chi connectivity index (χ1) is 25.0. The van der Waals surface area contributed by atoms with Crippen molar-refractivity contribution in [3.05, 3.63) is 93.4 Å². The Kier molecular flexibility index (Phi) is 9.82. The van der Waals surface area contributed by atoms with Crippen LogP contribution in [0.1, 0.15) is 69.4 Å². The van der Waals surface area contributed by atoms with Crippen molar-refractivity contribution < 1.29 is 58.6 Å². The zero-order chi connectivity index (χ0) is 38.7. The quantitative estimate of drug-likeness (QED) is 0.0766. The number of hydrogen-bond acceptors (Lipinski definition) is 13. The summed E-state index contributed by atoms with van der Waals surface area (Å²) in [5, 5.41) is 51.9. The molecule has 2 bridgehead atoms. The second-order valence-electron chi connectivity index (χ2n) is 15.1. The van der Waals surface area contributed by atoms with Crippen molar-refractivity contribution in [2.75, 3.05) is 6.61 Å². The molecule has 3 aliphatic carbocycles. The lowest BCUT2D eigenvalue weighted by atomic mass is 9.44. The van der Waals surface area contributed by atoms with Crippen LogP contribution in [-0.4, -0.2) is 98.6 Å². The Labute approximate surface area is 305 Å². The molecule has 2 saturated carbocycles. The topological polar surface area (TPSA) is 235 Å². The van der Waals surface area contributed by atoms with Crippen molar-refractivity contribution in [3.8, 4) is 0 Å². The van der Waals surface area contributed by atoms with Crippen LogP contribution >= 0.6 is 0 Å². The van der Waals surface area contributed by atoms with Crippen molar-refractivity contribution in [2.24, 2.45) is 21.9 Å². The number of benzene rings is 2. The third kappa shape index (κ3) is 5.83. The van der Waals surface area contributed by atoms with Crippen molar-refractivity contribution >= 4 is 23.7 Å². The zero-order valence-electron chi connectivity index (χ0n) is 29.9. The third-order valence-electron chi connectivity index (χ3n) is 12.0. The smallest absolute Gasteiger partial charge is 0.338 e. The number of nitrogens with zero attached hydrogens (tertiary/aromatic N) is 3. The van der Waals surface area contributed by atoms with Crippen LogP contribution in [0.2, 0.25) is 0 Å². The Balaban J connectivity index is 1.53. The maximum absolute atomic E-state index is 14.8. The number of ketones is 1. The van der Waals surface area contributed by atoms with E-state index in [1.54, 1.807) is 62.4 Å². The van der Waals surface area contributed by atoms with Gasteiger partial charge in [-0.15, -0.1) is 0 Å². The summed E-state index contributed by atoms with van der Waals surface area (Å²) in [6.45, 7) is 6.84. The van der Waals surface area contributed by atoms with Crippen molar-refractivity contribution in [2.45, 2.75) is 101 Å². The molecule has 15 nitrogen and oxygen atoms in total. The van der Waals surface area contributed by atoms with E-state index in [4.69, 9.17) is 18.9 Å². The molecule has 0 radical (unpaired) electrons. The second kappa shape index (κ2) is 13.7. The van der Waals surface area contributed by atoms with Crippen LogP contribution in [-0.2, 0) is 33.3 Å². The molecule has 0 unspecified atom stereocenters. The van der Waals surface area contributed by atoms with Crippen LogP contribution in [0.15, 0.2) is 76.9 Å². The summed E-state index contributed by atoms with van der Waals surface area (Å²) >= 11 is 0. The largest absolute Gasteiger partial charge is 0.456 e. The molecule has 0 amide bonds. The highest BCUT2D eigenvalue weighted by Crippen LogP contribution is 2.64. The zero-order valence-corrected chi connectivity index (χ0v) is 29.9. The molecule has 6 rings (SSSR count). The number of aliphatic hydroxyl groups is 4. The van der Waals surface area contributed by atoms with Gasteiger partial charge in [-0.1, -0.05) is 67.5 Å². The van der Waals surface area contributed by atoms with Gasteiger partial charge in [0.1, 0.15) is 30.0 Å². The molecule has 11 atom stereocenters. The Bertz CT molecular complexity index is 1880. The van der Waals surface area contributed by atoms with E-state index in [2.05, 4.69) is 10.0 Å². The molecule has 15 heteroatoms. The van der Waals surface area contributed by atoms with Crippen LogP contribution < -0.4 is 0 Å². The molecule has 0 aromatic heterocycles. The SMILES string of the molecule is CC(=O)O[C@@]12CO[C@@H]1C[C@H](O)[C@@]1(C)C(=O)[C@H](O)C3=C(C)[C@@H](OC(=O)[C@H](O)[C@@H](N=[N+]=[N-])c4ccccc4)C[C@@](O)([C@@H](OC(=O)c4ccccc4)[C@H]21)C3(C)C. The lowest BCUT2D eigenvalue weighted by Gasteiger charge is -2.67. The Morgan fingerprint density at radius 1 is 1.02 bits per heavy atom. The number of esters is 3. The fraction of sp³-hybridized carbons (Fsp3) is 0.526. The van der Waals surface area contributed by atoms with Gasteiger partial charge in [0.05, 0.1) is 35.6 Å². The predicted molar refractivity (Wildman–Crippen MR) is 183 cm³/mol. The van der Waals surface area contributed by atoms with Crippen molar-refractivity contribution in [1.29, 1.82) is 0 Å². The van der Waals surface area contributed by atoms with Crippen LogP contribution in [0.25, 0.3) is 10.4 Å². The van der Waals surface area contributed by atoms with E-state index in [-0.39, 0.29) is 29.7 Å². The van der Waals surface area contributed by atoms with E-state index < -0.39 is 101 Å². The maximum Gasteiger partial charge on any atom is 0.338 e. The Morgan fingerprint density at radius 2 is 1.64 bits per heavy atom. The number of hydrogen-bond donors (Lipinski definition) is 4. The molecule has 1 aliphatic heterocycles. The number of rotatable bonds is 8. The number of Topliss-reactive ketones (excluding diaryl/α,β-unsaturated/α-hetero) is 1. The van der Waals surface area contributed by atoms with Crippen molar-refractivity contribution in [1.82, 2.24) is 0 Å². The van der Waals surface area contributed by atoms with E-state index in [1.165, 1.54) is 26.0 Å². The maximum atomic E-state index is 14.8. The molecule has 282 valence electrons. The highest BCUT2D eigenvalue weighted by Gasteiger charge is 2.78. The van der Waals surface area contributed by atoms with Gasteiger partial charge >= 0.3 is 17.9 Å². The molecule has 0 spiro atoms. The van der Waals surface area contributed by atoms with E-state index in [0.717, 1.165) is 6.92 Å². The number of ether oxygens (including phenoxy) is 4. The monoisotopic (exact) mass is 733 g/mol. The van der Waals surface area contributed by atoms with Gasteiger partial charge in [0.15, 0.2) is 17.5 Å². The third-order valence-corrected chi connectivity index (χ3v) is 12.0. The standard InChI is InChI=1S/C38H43N3O12/c1-19-23(51-34(48)29(45)27(40-41-39)21-12-8-6-9-13-21)17-38(49)32(52-33(47)22-14-10-7-11-15-22)30-36(5,31(46)28(44)26(19)35(38,3)4)24(43)16-25-37(30,18-50-25)53-20(2)42/h6-15,23-25,27-30,32,43-45,49H,16-18H2,1-5H3/t23-,24-,25+,27-,28+,29+,30-,32-,36+,37-,38+/m0/s1. The summed E-state index contributed by atoms with van der Waals surface area (Å²) in [5.74, 6) is -5.33. The van der Waals surface area contributed by atoms with Gasteiger partial charge in [-0.2, -0.15) is 0 Å². The number of fused-ring (bicyclic) bond motifs is 5. The van der Waals surface area contributed by atoms with Gasteiger partial charge in [0.2, 0.25) is 0 Å². The number of azide groups is 1. The summed E-state index contributed by atoms with van der Waals surface area (Å²) in [4.78, 5) is 58.0. The van der Waals surface area contributed by atoms with Gasteiger partial charge in [-0.25, -0.2) is 9.59 Å². The van der Waals surface area contributed by atoms with Gasteiger partial charge in [-0.3, -0.25) is 9.59 Å². The summed E-state index contributed by atoms with van der Waals surface area (Å²) in [6, 6.07) is 14.5. The highest BCUT2D eigenvalue weighted by molar-refractivity contribution is 5.94. The molecular weight excluding hydrogens is 690 g/mol. The number of carbonyl (C=O) groups is 4. The summed E-state index contributed by atoms with van der Waals surface area (Å²) < 4.78 is 23.9. The Hall–Kier alpha value is -4.63. The fourth-order valence-electron chi connectivity index (χ4n) is 9.13. The molecule has 1 saturated heterocycles. The molecule has 2 aromatic rings. The average molecular weight is 734 g/mol. The first-order valence-electron chi connectivity index (χ1n) is 17.3. The molecule has 2 aromatic carbocycles. The number of aliphatic hydroxyl groups excluding tert-OH is 3. The molecule has 4 N–H and O–H groups in total. The minimum atomic E-state index is -2.33.